The number of nitrogens with one attached hydrogen (secondary N) is 2. The van der Waals surface area contributed by atoms with Crippen molar-refractivity contribution in [3.05, 3.63) is 35.9 Å². The van der Waals surface area contributed by atoms with Crippen LogP contribution in [0.25, 0.3) is 0 Å². The lowest BCUT2D eigenvalue weighted by Crippen LogP contribution is -2.41. The standard InChI is InChI=1S/C16H22N2O/c19-16(8-12-4-2-1-3-5-12)18-15-7-6-13-10-17-11-14(13)9-15/h1-5,13-15,17H,6-11H2,(H,18,19)/t13-,14+,15?/m0/s1. The van der Waals surface area contributed by atoms with Gasteiger partial charge in [0.15, 0.2) is 0 Å². The van der Waals surface area contributed by atoms with E-state index in [2.05, 4.69) is 10.6 Å². The summed E-state index contributed by atoms with van der Waals surface area (Å²) in [6, 6.07) is 10.4. The molecule has 0 bridgehead atoms. The predicted octanol–water partition coefficient (Wildman–Crippen LogP) is 1.73. The second-order valence-corrected chi connectivity index (χ2v) is 5.92. The Morgan fingerprint density at radius 2 is 1.95 bits per heavy atom. The van der Waals surface area contributed by atoms with Gasteiger partial charge in [0.1, 0.15) is 0 Å². The second kappa shape index (κ2) is 5.74. The molecule has 1 saturated carbocycles. The first kappa shape index (κ1) is 12.7. The van der Waals surface area contributed by atoms with Gasteiger partial charge in [0.2, 0.25) is 5.91 Å². The average molecular weight is 258 g/mol. The van der Waals surface area contributed by atoms with Gasteiger partial charge in [-0.3, -0.25) is 4.79 Å². The highest BCUT2D eigenvalue weighted by molar-refractivity contribution is 5.78. The van der Waals surface area contributed by atoms with Gasteiger partial charge in [0, 0.05) is 6.04 Å². The van der Waals surface area contributed by atoms with Gasteiger partial charge in [0.05, 0.1) is 6.42 Å². The number of amides is 1. The molecule has 2 fully saturated rings. The van der Waals surface area contributed by atoms with Crippen molar-refractivity contribution in [3.63, 3.8) is 0 Å². The smallest absolute Gasteiger partial charge is 0.224 e. The molecule has 1 saturated heterocycles. The zero-order valence-electron chi connectivity index (χ0n) is 11.3. The molecule has 1 unspecified atom stereocenters. The fourth-order valence-electron chi connectivity index (χ4n) is 3.49. The van der Waals surface area contributed by atoms with Crippen molar-refractivity contribution >= 4 is 5.91 Å². The summed E-state index contributed by atoms with van der Waals surface area (Å²) in [7, 11) is 0. The number of carbonyl (C=O) groups is 1. The van der Waals surface area contributed by atoms with Gasteiger partial charge < -0.3 is 10.6 Å². The first-order valence-electron chi connectivity index (χ1n) is 7.35. The molecule has 3 rings (SSSR count). The van der Waals surface area contributed by atoms with Crippen LogP contribution in [-0.2, 0) is 11.2 Å². The van der Waals surface area contributed by atoms with Crippen LogP contribution in [0.5, 0.6) is 0 Å². The second-order valence-electron chi connectivity index (χ2n) is 5.92. The molecule has 1 aromatic rings. The molecule has 3 heteroatoms. The Hall–Kier alpha value is -1.35. The number of hydrogen-bond acceptors (Lipinski definition) is 2. The van der Waals surface area contributed by atoms with Crippen LogP contribution in [0.3, 0.4) is 0 Å². The molecule has 3 nitrogen and oxygen atoms in total. The molecule has 1 aliphatic heterocycles. The van der Waals surface area contributed by atoms with E-state index in [0.717, 1.165) is 36.8 Å². The lowest BCUT2D eigenvalue weighted by atomic mass is 9.79. The predicted molar refractivity (Wildman–Crippen MR) is 75.8 cm³/mol. The van der Waals surface area contributed by atoms with E-state index in [1.807, 2.05) is 30.3 Å². The van der Waals surface area contributed by atoms with E-state index in [1.54, 1.807) is 0 Å². The van der Waals surface area contributed by atoms with Gasteiger partial charge in [-0.1, -0.05) is 30.3 Å². The minimum atomic E-state index is 0.167. The van der Waals surface area contributed by atoms with E-state index in [1.165, 1.54) is 13.0 Å². The zero-order valence-corrected chi connectivity index (χ0v) is 11.3. The number of carbonyl (C=O) groups excluding carboxylic acids is 1. The van der Waals surface area contributed by atoms with E-state index in [-0.39, 0.29) is 5.91 Å². The van der Waals surface area contributed by atoms with Crippen LogP contribution in [0.2, 0.25) is 0 Å². The van der Waals surface area contributed by atoms with Crippen LogP contribution in [0.1, 0.15) is 24.8 Å². The number of fused-ring (bicyclic) bond motifs is 1. The summed E-state index contributed by atoms with van der Waals surface area (Å²) in [5.74, 6) is 1.79. The zero-order chi connectivity index (χ0) is 13.1. The summed E-state index contributed by atoms with van der Waals surface area (Å²) in [4.78, 5) is 12.0. The summed E-state index contributed by atoms with van der Waals surface area (Å²) >= 11 is 0. The van der Waals surface area contributed by atoms with E-state index in [0.29, 0.717) is 12.5 Å². The normalized spacial score (nSPS) is 29.8. The number of hydrogen-bond donors (Lipinski definition) is 2. The van der Waals surface area contributed by atoms with Crippen molar-refractivity contribution in [2.75, 3.05) is 13.1 Å². The first-order chi connectivity index (χ1) is 9.31. The van der Waals surface area contributed by atoms with E-state index in [9.17, 15) is 4.79 Å². The maximum absolute atomic E-state index is 12.0. The van der Waals surface area contributed by atoms with Gasteiger partial charge in [-0.25, -0.2) is 0 Å². The van der Waals surface area contributed by atoms with Crippen LogP contribution in [-0.4, -0.2) is 25.0 Å². The quantitative estimate of drug-likeness (QED) is 0.867. The van der Waals surface area contributed by atoms with Crippen molar-refractivity contribution in [2.45, 2.75) is 31.7 Å². The molecule has 1 aromatic carbocycles. The Kier molecular flexibility index (Phi) is 3.83. The first-order valence-corrected chi connectivity index (χ1v) is 7.35. The van der Waals surface area contributed by atoms with Crippen molar-refractivity contribution < 1.29 is 4.79 Å². The van der Waals surface area contributed by atoms with Crippen LogP contribution in [0.15, 0.2) is 30.3 Å². The number of benzene rings is 1. The van der Waals surface area contributed by atoms with Crippen LogP contribution in [0, 0.1) is 11.8 Å². The maximum Gasteiger partial charge on any atom is 0.224 e. The van der Waals surface area contributed by atoms with Crippen LogP contribution < -0.4 is 10.6 Å². The largest absolute Gasteiger partial charge is 0.353 e. The van der Waals surface area contributed by atoms with Crippen molar-refractivity contribution in [2.24, 2.45) is 11.8 Å². The van der Waals surface area contributed by atoms with Gasteiger partial charge >= 0.3 is 0 Å². The highest BCUT2D eigenvalue weighted by Gasteiger charge is 2.34. The highest BCUT2D eigenvalue weighted by Crippen LogP contribution is 2.32. The molecule has 0 aromatic heterocycles. The van der Waals surface area contributed by atoms with Gasteiger partial charge in [-0.05, 0) is 49.8 Å². The minimum absolute atomic E-state index is 0.167. The summed E-state index contributed by atoms with van der Waals surface area (Å²) in [6.07, 6.45) is 4.05. The van der Waals surface area contributed by atoms with Gasteiger partial charge in [-0.15, -0.1) is 0 Å². The fourth-order valence-corrected chi connectivity index (χ4v) is 3.49. The molecular weight excluding hydrogens is 236 g/mol. The Morgan fingerprint density at radius 3 is 2.79 bits per heavy atom. The van der Waals surface area contributed by atoms with E-state index >= 15 is 0 Å². The minimum Gasteiger partial charge on any atom is -0.353 e. The monoisotopic (exact) mass is 258 g/mol. The fraction of sp³-hybridized carbons (Fsp3) is 0.562. The molecular formula is C16H22N2O. The molecule has 19 heavy (non-hydrogen) atoms. The van der Waals surface area contributed by atoms with Gasteiger partial charge in [0.25, 0.3) is 0 Å². The third-order valence-electron chi connectivity index (χ3n) is 4.53. The highest BCUT2D eigenvalue weighted by atomic mass is 16.1. The summed E-state index contributed by atoms with van der Waals surface area (Å²) < 4.78 is 0. The molecule has 1 heterocycles. The molecule has 1 aliphatic carbocycles. The Balaban J connectivity index is 1.50. The molecule has 102 valence electrons. The van der Waals surface area contributed by atoms with Gasteiger partial charge in [-0.2, -0.15) is 0 Å². The summed E-state index contributed by atoms with van der Waals surface area (Å²) in [5.41, 5.74) is 1.09. The third-order valence-corrected chi connectivity index (χ3v) is 4.53. The van der Waals surface area contributed by atoms with Crippen LogP contribution >= 0.6 is 0 Å². The molecule has 0 radical (unpaired) electrons. The van der Waals surface area contributed by atoms with Crippen molar-refractivity contribution in [3.8, 4) is 0 Å². The SMILES string of the molecule is O=C(Cc1ccccc1)NC1CC[C@H]2CNC[C@H]2C1. The molecule has 2 aliphatic rings. The summed E-state index contributed by atoms with van der Waals surface area (Å²) in [6.45, 7) is 2.31. The topological polar surface area (TPSA) is 41.1 Å². The summed E-state index contributed by atoms with van der Waals surface area (Å²) in [5, 5.41) is 6.68. The van der Waals surface area contributed by atoms with E-state index in [4.69, 9.17) is 0 Å². The van der Waals surface area contributed by atoms with E-state index < -0.39 is 0 Å². The molecule has 2 N–H and O–H groups in total. The molecule has 1 amide bonds. The molecule has 3 atom stereocenters. The molecule has 0 spiro atoms. The third kappa shape index (κ3) is 3.16. The lowest BCUT2D eigenvalue weighted by Gasteiger charge is -2.31. The lowest BCUT2D eigenvalue weighted by molar-refractivity contribution is -0.121. The Bertz CT molecular complexity index is 432. The van der Waals surface area contributed by atoms with Crippen molar-refractivity contribution in [1.29, 1.82) is 0 Å². The van der Waals surface area contributed by atoms with Crippen LogP contribution in [0.4, 0.5) is 0 Å². The Morgan fingerprint density at radius 1 is 1.16 bits per heavy atom. The number of rotatable bonds is 3. The average Bonchev–Trinajstić information content (AvgIpc) is 2.87. The Labute approximate surface area is 114 Å². The van der Waals surface area contributed by atoms with Crippen molar-refractivity contribution in [1.82, 2.24) is 10.6 Å². The maximum atomic E-state index is 12.0.